The van der Waals surface area contributed by atoms with Crippen LogP contribution in [0.25, 0.3) is 81.3 Å². The van der Waals surface area contributed by atoms with Crippen LogP contribution in [0.5, 0.6) is 0 Å². The highest BCUT2D eigenvalue weighted by molar-refractivity contribution is 7.25. The number of nitrogens with zero attached hydrogens (tertiary/aromatic N) is 1. The minimum absolute atomic E-state index is 1.14. The van der Waals surface area contributed by atoms with E-state index in [0.29, 0.717) is 0 Å². The Labute approximate surface area is 253 Å². The molecule has 9 aromatic rings. The number of rotatable bonds is 4. The normalized spacial score (nSPS) is 11.7. The van der Waals surface area contributed by atoms with Crippen molar-refractivity contribution in [3.05, 3.63) is 152 Å². The highest BCUT2D eigenvalue weighted by atomic mass is 32.1. The van der Waals surface area contributed by atoms with Gasteiger partial charge in [-0.1, -0.05) is 91.0 Å². The third kappa shape index (κ3) is 4.01. The van der Waals surface area contributed by atoms with E-state index in [-0.39, 0.29) is 0 Å². The first-order chi connectivity index (χ1) is 21.3. The Morgan fingerprint density at radius 1 is 0.465 bits per heavy atom. The lowest BCUT2D eigenvalue weighted by Gasteiger charge is -2.12. The molecule has 0 aliphatic rings. The average molecular weight is 567 g/mol. The zero-order chi connectivity index (χ0) is 28.3. The van der Waals surface area contributed by atoms with Gasteiger partial charge in [0.15, 0.2) is 0 Å². The first-order valence-electron chi connectivity index (χ1n) is 14.6. The summed E-state index contributed by atoms with van der Waals surface area (Å²) in [5, 5.41) is 5.08. The number of thiophene rings is 1. The van der Waals surface area contributed by atoms with Gasteiger partial charge in [-0.2, -0.15) is 0 Å². The minimum Gasteiger partial charge on any atom is -0.355 e. The number of hydrogen-bond donors (Lipinski definition) is 1. The van der Waals surface area contributed by atoms with E-state index < -0.39 is 0 Å². The molecule has 1 N–H and O–H groups in total. The zero-order valence-electron chi connectivity index (χ0n) is 23.3. The number of benzene rings is 6. The summed E-state index contributed by atoms with van der Waals surface area (Å²) < 4.78 is 5.07. The molecule has 43 heavy (non-hydrogen) atoms. The Hall–Kier alpha value is -5.38. The molecule has 3 heterocycles. The second-order valence-electron chi connectivity index (χ2n) is 11.1. The van der Waals surface area contributed by atoms with Gasteiger partial charge in [0.1, 0.15) is 0 Å². The van der Waals surface area contributed by atoms with Crippen molar-refractivity contribution in [2.45, 2.75) is 0 Å². The maximum atomic E-state index is 3.59. The van der Waals surface area contributed by atoms with Crippen molar-refractivity contribution >= 4 is 53.3 Å². The van der Waals surface area contributed by atoms with Crippen LogP contribution in [0.4, 0.5) is 0 Å². The molecule has 0 fully saturated rings. The van der Waals surface area contributed by atoms with E-state index in [1.54, 1.807) is 0 Å². The van der Waals surface area contributed by atoms with Gasteiger partial charge in [0, 0.05) is 47.8 Å². The van der Waals surface area contributed by atoms with Crippen molar-refractivity contribution < 1.29 is 0 Å². The van der Waals surface area contributed by atoms with Crippen molar-refractivity contribution in [3.63, 3.8) is 0 Å². The van der Waals surface area contributed by atoms with Crippen LogP contribution in [0.15, 0.2) is 152 Å². The molecular weight excluding hydrogens is 541 g/mol. The smallest absolute Gasteiger partial charge is 0.0540 e. The molecular formula is C40H26N2S. The van der Waals surface area contributed by atoms with Crippen molar-refractivity contribution in [1.29, 1.82) is 0 Å². The van der Waals surface area contributed by atoms with Gasteiger partial charge < -0.3 is 9.55 Å². The monoisotopic (exact) mass is 566 g/mol. The maximum Gasteiger partial charge on any atom is 0.0540 e. The van der Waals surface area contributed by atoms with Gasteiger partial charge in [-0.05, 0) is 82.9 Å². The van der Waals surface area contributed by atoms with Crippen molar-refractivity contribution in [2.75, 3.05) is 0 Å². The quantitative estimate of drug-likeness (QED) is 0.219. The molecule has 2 nitrogen and oxygen atoms in total. The fourth-order valence-electron chi connectivity index (χ4n) is 6.43. The Bertz CT molecular complexity index is 2440. The van der Waals surface area contributed by atoms with Crippen LogP contribution in [-0.4, -0.2) is 9.55 Å². The molecule has 202 valence electrons. The summed E-state index contributed by atoms with van der Waals surface area (Å²) >= 11 is 1.86. The number of H-pyrrole nitrogens is 1. The predicted molar refractivity (Wildman–Crippen MR) is 184 cm³/mol. The summed E-state index contributed by atoms with van der Waals surface area (Å²) in [4.78, 5) is 3.59. The standard InChI is InChI=1S/C40H26N2S/c1-3-9-26(10-4-1)36-23-30-21-28(15-18-35(30)41-36)29-16-19-37-31(22-29)24-38(27-11-5-2-6-12-27)42(37)32-17-20-40-34(25-32)33-13-7-8-14-39(33)43-40/h1-25,41H. The summed E-state index contributed by atoms with van der Waals surface area (Å²) in [6.45, 7) is 0. The molecule has 6 aromatic carbocycles. The molecule has 0 unspecified atom stereocenters. The summed E-state index contributed by atoms with van der Waals surface area (Å²) in [6.07, 6.45) is 0. The number of hydrogen-bond acceptors (Lipinski definition) is 1. The SMILES string of the molecule is c1ccc(-c2cc3cc(-c4ccc5c(c4)cc(-c4ccccc4)n5-c4ccc5sc6ccccc6c5c4)ccc3[nH]2)cc1. The Kier molecular flexibility index (Phi) is 5.40. The van der Waals surface area contributed by atoms with Gasteiger partial charge in [-0.25, -0.2) is 0 Å². The summed E-state index contributed by atoms with van der Waals surface area (Å²) in [5.41, 5.74) is 10.7. The minimum atomic E-state index is 1.14. The number of aromatic amines is 1. The summed E-state index contributed by atoms with van der Waals surface area (Å²) in [6, 6.07) is 55.0. The molecule has 3 heteroatoms. The van der Waals surface area contributed by atoms with Crippen LogP contribution in [0.3, 0.4) is 0 Å². The summed E-state index contributed by atoms with van der Waals surface area (Å²) in [7, 11) is 0. The highest BCUT2D eigenvalue weighted by Crippen LogP contribution is 2.39. The lowest BCUT2D eigenvalue weighted by Crippen LogP contribution is -1.96. The van der Waals surface area contributed by atoms with Gasteiger partial charge in [-0.15, -0.1) is 11.3 Å². The maximum absolute atomic E-state index is 3.59. The molecule has 0 atom stereocenters. The fraction of sp³-hybridized carbons (Fsp3) is 0. The molecule has 0 spiro atoms. The Morgan fingerprint density at radius 3 is 2.00 bits per heavy atom. The highest BCUT2D eigenvalue weighted by Gasteiger charge is 2.15. The van der Waals surface area contributed by atoms with E-state index in [2.05, 4.69) is 161 Å². The third-order valence-corrected chi connectivity index (χ3v) is 9.68. The average Bonchev–Trinajstić information content (AvgIpc) is 3.78. The van der Waals surface area contributed by atoms with E-state index in [1.165, 1.54) is 70.1 Å². The lowest BCUT2D eigenvalue weighted by atomic mass is 10.0. The zero-order valence-corrected chi connectivity index (χ0v) is 24.1. The van der Waals surface area contributed by atoms with Crippen LogP contribution < -0.4 is 0 Å². The van der Waals surface area contributed by atoms with Crippen LogP contribution >= 0.6 is 11.3 Å². The molecule has 0 aliphatic heterocycles. The number of fused-ring (bicyclic) bond motifs is 5. The molecule has 0 saturated carbocycles. The number of aromatic nitrogens is 2. The predicted octanol–water partition coefficient (Wildman–Crippen LogP) is 11.5. The Morgan fingerprint density at radius 2 is 1.16 bits per heavy atom. The molecule has 0 aliphatic carbocycles. The second-order valence-corrected chi connectivity index (χ2v) is 12.2. The molecule has 0 radical (unpaired) electrons. The molecule has 0 amide bonds. The van der Waals surface area contributed by atoms with Gasteiger partial charge in [-0.3, -0.25) is 0 Å². The van der Waals surface area contributed by atoms with Crippen LogP contribution in [0, 0.1) is 0 Å². The number of nitrogens with one attached hydrogen (secondary N) is 1. The first-order valence-corrected chi connectivity index (χ1v) is 15.4. The van der Waals surface area contributed by atoms with Crippen LogP contribution in [-0.2, 0) is 0 Å². The topological polar surface area (TPSA) is 20.7 Å². The van der Waals surface area contributed by atoms with E-state index >= 15 is 0 Å². The van der Waals surface area contributed by atoms with Crippen LogP contribution in [0.1, 0.15) is 0 Å². The molecule has 0 bridgehead atoms. The molecule has 9 rings (SSSR count). The van der Waals surface area contributed by atoms with Crippen molar-refractivity contribution in [1.82, 2.24) is 9.55 Å². The summed E-state index contributed by atoms with van der Waals surface area (Å²) in [5.74, 6) is 0. The van der Waals surface area contributed by atoms with Gasteiger partial charge in [0.25, 0.3) is 0 Å². The molecule has 0 saturated heterocycles. The van der Waals surface area contributed by atoms with Gasteiger partial charge in [0.05, 0.1) is 11.2 Å². The van der Waals surface area contributed by atoms with Gasteiger partial charge >= 0.3 is 0 Å². The van der Waals surface area contributed by atoms with Gasteiger partial charge in [0.2, 0.25) is 0 Å². The lowest BCUT2D eigenvalue weighted by molar-refractivity contribution is 1.14. The second kappa shape index (κ2) is 9.59. The molecule has 3 aromatic heterocycles. The van der Waals surface area contributed by atoms with Crippen molar-refractivity contribution in [3.8, 4) is 39.3 Å². The first kappa shape index (κ1) is 24.2. The van der Waals surface area contributed by atoms with E-state index in [0.717, 1.165) is 11.2 Å². The van der Waals surface area contributed by atoms with E-state index in [9.17, 15) is 0 Å². The largest absolute Gasteiger partial charge is 0.355 e. The third-order valence-electron chi connectivity index (χ3n) is 8.53. The van der Waals surface area contributed by atoms with E-state index in [4.69, 9.17) is 0 Å². The van der Waals surface area contributed by atoms with E-state index in [1.807, 2.05) is 11.3 Å². The Balaban J connectivity index is 1.20. The fourth-order valence-corrected chi connectivity index (χ4v) is 7.52. The van der Waals surface area contributed by atoms with Crippen molar-refractivity contribution in [2.24, 2.45) is 0 Å². The van der Waals surface area contributed by atoms with Crippen LogP contribution in [0.2, 0.25) is 0 Å².